The molecule has 5 rings (SSSR count). The number of hydrogen-bond acceptors (Lipinski definition) is 7. The first-order valence-corrected chi connectivity index (χ1v) is 14.5. The first-order chi connectivity index (χ1) is 19.2. The molecule has 2 heterocycles. The summed E-state index contributed by atoms with van der Waals surface area (Å²) in [5.74, 6) is 0.997. The first-order valence-electron chi connectivity index (χ1n) is 13.1. The highest BCUT2D eigenvalue weighted by molar-refractivity contribution is 7.89. The molecule has 0 bridgehead atoms. The Balaban J connectivity index is 1.23. The zero-order chi connectivity index (χ0) is 28.3. The number of methoxy groups -OCH3 is 1. The van der Waals surface area contributed by atoms with Crippen LogP contribution in [0.25, 0.3) is 11.3 Å². The van der Waals surface area contributed by atoms with Gasteiger partial charge in [-0.25, -0.2) is 22.8 Å². The maximum Gasteiger partial charge on any atom is 0.243 e. The number of aromatic nitrogens is 2. The minimum Gasteiger partial charge on any atom is -0.496 e. The summed E-state index contributed by atoms with van der Waals surface area (Å²) in [6.45, 7) is 2.74. The van der Waals surface area contributed by atoms with E-state index in [1.54, 1.807) is 49.7 Å². The molecule has 1 aromatic heterocycles. The van der Waals surface area contributed by atoms with E-state index in [2.05, 4.69) is 15.3 Å². The van der Waals surface area contributed by atoms with Crippen molar-refractivity contribution >= 4 is 21.7 Å². The van der Waals surface area contributed by atoms with E-state index in [4.69, 9.17) is 10.5 Å². The second kappa shape index (κ2) is 11.7. The summed E-state index contributed by atoms with van der Waals surface area (Å²) < 4.78 is 46.8. The Morgan fingerprint density at radius 3 is 2.40 bits per heavy atom. The molecule has 1 aliphatic rings. The van der Waals surface area contributed by atoms with Gasteiger partial charge in [0.25, 0.3) is 0 Å². The number of hydrogen-bond donors (Lipinski definition) is 2. The van der Waals surface area contributed by atoms with Gasteiger partial charge >= 0.3 is 0 Å². The van der Waals surface area contributed by atoms with Gasteiger partial charge in [0.15, 0.2) is 0 Å². The van der Waals surface area contributed by atoms with Crippen molar-refractivity contribution in [2.24, 2.45) is 11.7 Å². The molecule has 0 unspecified atom stereocenters. The van der Waals surface area contributed by atoms with Crippen LogP contribution in [0.5, 0.6) is 5.75 Å². The third-order valence-electron chi connectivity index (χ3n) is 7.37. The number of aryl methyl sites for hydroxylation is 1. The number of piperidine rings is 1. The largest absolute Gasteiger partial charge is 0.496 e. The van der Waals surface area contributed by atoms with Gasteiger partial charge in [-0.15, -0.1) is 0 Å². The number of rotatable bonds is 8. The lowest BCUT2D eigenvalue weighted by molar-refractivity contribution is 0.245. The van der Waals surface area contributed by atoms with Crippen LogP contribution in [0.3, 0.4) is 0 Å². The molecule has 8 nitrogen and oxygen atoms in total. The fraction of sp³-hybridized carbons (Fsp3) is 0.267. The molecule has 1 fully saturated rings. The summed E-state index contributed by atoms with van der Waals surface area (Å²) in [7, 11) is -2.02. The molecule has 1 saturated heterocycles. The van der Waals surface area contributed by atoms with Gasteiger partial charge in [0.2, 0.25) is 16.0 Å². The maximum atomic E-state index is 13.3. The van der Waals surface area contributed by atoms with Gasteiger partial charge in [0.1, 0.15) is 11.6 Å². The van der Waals surface area contributed by atoms with Crippen molar-refractivity contribution in [1.29, 1.82) is 0 Å². The lowest BCUT2D eigenvalue weighted by Gasteiger charge is -2.34. The fourth-order valence-electron chi connectivity index (χ4n) is 4.98. The highest BCUT2D eigenvalue weighted by atomic mass is 32.2. The quantitative estimate of drug-likeness (QED) is 0.295. The third-order valence-corrected chi connectivity index (χ3v) is 9.28. The summed E-state index contributed by atoms with van der Waals surface area (Å²) in [4.78, 5) is 9.13. The van der Waals surface area contributed by atoms with E-state index in [0.717, 1.165) is 28.1 Å². The molecule has 3 aromatic carbocycles. The van der Waals surface area contributed by atoms with Crippen LogP contribution in [0.2, 0.25) is 0 Å². The Bertz CT molecular complexity index is 1570. The minimum atomic E-state index is -3.65. The number of nitrogens with one attached hydrogen (secondary N) is 1. The molecule has 40 heavy (non-hydrogen) atoms. The van der Waals surface area contributed by atoms with Crippen LogP contribution < -0.4 is 15.8 Å². The van der Waals surface area contributed by atoms with E-state index in [0.29, 0.717) is 37.6 Å². The number of anilines is 2. The first kappa shape index (κ1) is 27.7. The predicted octanol–water partition coefficient (Wildman–Crippen LogP) is 5.44. The van der Waals surface area contributed by atoms with Crippen LogP contribution in [-0.2, 0) is 10.0 Å². The number of nitrogens with two attached hydrogens (primary N) is 1. The normalized spacial score (nSPS) is 15.5. The molecule has 1 aliphatic heterocycles. The topological polar surface area (TPSA) is 110 Å². The second-order valence-corrected chi connectivity index (χ2v) is 11.9. The Kier molecular flexibility index (Phi) is 8.11. The monoisotopic (exact) mass is 561 g/mol. The Morgan fingerprint density at radius 1 is 1.02 bits per heavy atom. The lowest BCUT2D eigenvalue weighted by atomic mass is 9.86. The molecular weight excluding hydrogens is 529 g/mol. The molecular formula is C30H32FN5O3S. The molecule has 0 amide bonds. The van der Waals surface area contributed by atoms with Crippen LogP contribution >= 0.6 is 0 Å². The summed E-state index contributed by atoms with van der Waals surface area (Å²) in [6.07, 6.45) is 2.94. The van der Waals surface area contributed by atoms with Crippen LogP contribution in [-0.4, -0.2) is 42.9 Å². The van der Waals surface area contributed by atoms with Crippen molar-refractivity contribution in [1.82, 2.24) is 14.3 Å². The average Bonchev–Trinajstić information content (AvgIpc) is 2.98. The van der Waals surface area contributed by atoms with Crippen molar-refractivity contribution in [3.8, 4) is 17.0 Å². The van der Waals surface area contributed by atoms with E-state index in [-0.39, 0.29) is 22.7 Å². The molecule has 4 aromatic rings. The zero-order valence-electron chi connectivity index (χ0n) is 22.4. The van der Waals surface area contributed by atoms with Crippen molar-refractivity contribution in [3.05, 3.63) is 95.9 Å². The molecule has 208 valence electrons. The number of ether oxygens (including phenoxy) is 1. The minimum absolute atomic E-state index is 0.125. The number of halogens is 1. The molecule has 3 N–H and O–H groups in total. The van der Waals surface area contributed by atoms with Crippen LogP contribution in [0, 0.1) is 18.7 Å². The SMILES string of the molecule is COc1cc(-c2ccnc(Nc3ccc(S(=O)(=O)N4CCC([C@H](N)c5ccc(F)cc5)CC4)cc3)n2)ccc1C. The van der Waals surface area contributed by atoms with Crippen LogP contribution in [0.15, 0.2) is 83.9 Å². The Morgan fingerprint density at radius 2 is 1.73 bits per heavy atom. The Labute approximate surface area is 234 Å². The summed E-state index contributed by atoms with van der Waals surface area (Å²) in [5, 5.41) is 3.15. The summed E-state index contributed by atoms with van der Waals surface area (Å²) in [5.41, 5.74) is 10.6. The molecule has 0 aliphatic carbocycles. The standard InChI is InChI=1S/C30H32FN5O3S/c1-20-3-4-23(19-28(20)39-2)27-13-16-33-30(35-27)34-25-9-11-26(12-10-25)40(37,38)36-17-14-22(15-18-36)29(32)21-5-7-24(31)8-6-21/h3-13,16,19,22,29H,14-15,17-18,32H2,1-2H3,(H,33,34,35)/t29-/m1/s1. The van der Waals surface area contributed by atoms with Crippen molar-refractivity contribution in [2.75, 3.05) is 25.5 Å². The predicted molar refractivity (Wildman–Crippen MR) is 153 cm³/mol. The van der Waals surface area contributed by atoms with E-state index in [1.165, 1.54) is 16.4 Å². The van der Waals surface area contributed by atoms with Gasteiger partial charge in [0.05, 0.1) is 17.7 Å². The molecule has 0 radical (unpaired) electrons. The van der Waals surface area contributed by atoms with E-state index >= 15 is 0 Å². The van der Waals surface area contributed by atoms with Crippen molar-refractivity contribution < 1.29 is 17.5 Å². The molecule has 0 spiro atoms. The number of nitrogens with zero attached hydrogens (tertiary/aromatic N) is 3. The summed E-state index contributed by atoms with van der Waals surface area (Å²) in [6, 6.07) is 20.2. The van der Waals surface area contributed by atoms with Gasteiger partial charge < -0.3 is 15.8 Å². The maximum absolute atomic E-state index is 13.3. The fourth-order valence-corrected chi connectivity index (χ4v) is 6.45. The zero-order valence-corrected chi connectivity index (χ0v) is 23.2. The number of sulfonamides is 1. The highest BCUT2D eigenvalue weighted by Crippen LogP contribution is 2.32. The van der Waals surface area contributed by atoms with E-state index < -0.39 is 10.0 Å². The Hall–Kier alpha value is -3.86. The third kappa shape index (κ3) is 5.99. The number of benzene rings is 3. The molecule has 0 saturated carbocycles. The van der Waals surface area contributed by atoms with E-state index in [9.17, 15) is 12.8 Å². The molecule has 1 atom stereocenters. The van der Waals surface area contributed by atoms with Gasteiger partial charge in [-0.3, -0.25) is 0 Å². The second-order valence-electron chi connectivity index (χ2n) is 9.92. The summed E-state index contributed by atoms with van der Waals surface area (Å²) >= 11 is 0. The van der Waals surface area contributed by atoms with Gasteiger partial charge in [-0.1, -0.05) is 24.3 Å². The average molecular weight is 562 g/mol. The van der Waals surface area contributed by atoms with Crippen LogP contribution in [0.1, 0.15) is 30.0 Å². The van der Waals surface area contributed by atoms with Crippen molar-refractivity contribution in [3.63, 3.8) is 0 Å². The highest BCUT2D eigenvalue weighted by Gasteiger charge is 2.32. The van der Waals surface area contributed by atoms with E-state index in [1.807, 2.05) is 31.2 Å². The smallest absolute Gasteiger partial charge is 0.243 e. The van der Waals surface area contributed by atoms with Crippen molar-refractivity contribution in [2.45, 2.75) is 30.7 Å². The van der Waals surface area contributed by atoms with Gasteiger partial charge in [-0.05, 0) is 85.3 Å². The lowest BCUT2D eigenvalue weighted by Crippen LogP contribution is -2.40. The molecule has 10 heteroatoms. The van der Waals surface area contributed by atoms with Gasteiger partial charge in [0, 0.05) is 36.6 Å². The van der Waals surface area contributed by atoms with Crippen LogP contribution in [0.4, 0.5) is 16.0 Å². The van der Waals surface area contributed by atoms with Gasteiger partial charge in [-0.2, -0.15) is 4.31 Å².